The summed E-state index contributed by atoms with van der Waals surface area (Å²) in [6, 6.07) is 8.41. The summed E-state index contributed by atoms with van der Waals surface area (Å²) in [4.78, 5) is 2.13. The van der Waals surface area contributed by atoms with E-state index in [1.807, 2.05) is 0 Å². The van der Waals surface area contributed by atoms with Crippen molar-refractivity contribution >= 4 is 5.69 Å². The lowest BCUT2D eigenvalue weighted by molar-refractivity contribution is 0.199. The number of ether oxygens (including phenoxy) is 1. The molecule has 0 aliphatic carbocycles. The Bertz CT molecular complexity index is 287. The van der Waals surface area contributed by atoms with Gasteiger partial charge in [-0.1, -0.05) is 18.2 Å². The minimum absolute atomic E-state index is 0.754. The third-order valence-corrected chi connectivity index (χ3v) is 2.27. The van der Waals surface area contributed by atoms with Crippen LogP contribution in [0.5, 0.6) is 0 Å². The lowest BCUT2D eigenvalue weighted by Crippen LogP contribution is -2.20. The fourth-order valence-electron chi connectivity index (χ4n) is 1.49. The van der Waals surface area contributed by atoms with Crippen LogP contribution in [0.2, 0.25) is 0 Å². The molecule has 1 rings (SSSR count). The smallest absolute Gasteiger partial charge is 0.0587 e. The first-order valence-electron chi connectivity index (χ1n) is 5.20. The second-order valence-corrected chi connectivity index (χ2v) is 3.69. The molecule has 0 unspecified atom stereocenters. The molecule has 15 heavy (non-hydrogen) atoms. The number of hydrogen-bond donors (Lipinski definition) is 1. The van der Waals surface area contributed by atoms with Crippen LogP contribution in [0.15, 0.2) is 24.3 Å². The van der Waals surface area contributed by atoms with Crippen molar-refractivity contribution < 1.29 is 4.74 Å². The minimum Gasteiger partial charge on any atom is -0.383 e. The maximum absolute atomic E-state index is 4.98. The summed E-state index contributed by atoms with van der Waals surface area (Å²) in [5.41, 5.74) is 2.58. The Morgan fingerprint density at radius 2 is 2.00 bits per heavy atom. The Hall–Kier alpha value is -1.06. The molecule has 3 heteroatoms. The molecule has 0 amide bonds. The van der Waals surface area contributed by atoms with E-state index < -0.39 is 0 Å². The average Bonchev–Trinajstić information content (AvgIpc) is 2.25. The zero-order valence-corrected chi connectivity index (χ0v) is 9.79. The third kappa shape index (κ3) is 3.90. The lowest BCUT2D eigenvalue weighted by Gasteiger charge is -2.17. The lowest BCUT2D eigenvalue weighted by atomic mass is 10.1. The number of anilines is 1. The van der Waals surface area contributed by atoms with Crippen LogP contribution in [-0.2, 0) is 11.3 Å². The number of methoxy groups -OCH3 is 1. The molecule has 84 valence electrons. The van der Waals surface area contributed by atoms with Gasteiger partial charge >= 0.3 is 0 Å². The Morgan fingerprint density at radius 1 is 1.27 bits per heavy atom. The Kier molecular flexibility index (Phi) is 5.15. The Balaban J connectivity index is 2.52. The molecule has 0 spiro atoms. The van der Waals surface area contributed by atoms with Gasteiger partial charge < -0.3 is 15.0 Å². The predicted molar refractivity (Wildman–Crippen MR) is 64.4 cm³/mol. The number of para-hydroxylation sites is 1. The van der Waals surface area contributed by atoms with E-state index in [0.29, 0.717) is 0 Å². The van der Waals surface area contributed by atoms with Crippen molar-refractivity contribution in [3.05, 3.63) is 29.8 Å². The highest BCUT2D eigenvalue weighted by atomic mass is 16.5. The van der Waals surface area contributed by atoms with E-state index in [9.17, 15) is 0 Å². The molecule has 1 N–H and O–H groups in total. The van der Waals surface area contributed by atoms with Crippen LogP contribution in [-0.4, -0.2) is 34.4 Å². The van der Waals surface area contributed by atoms with Crippen molar-refractivity contribution in [1.82, 2.24) is 5.32 Å². The van der Waals surface area contributed by atoms with Crippen molar-refractivity contribution in [1.29, 1.82) is 0 Å². The maximum Gasteiger partial charge on any atom is 0.0587 e. The summed E-state index contributed by atoms with van der Waals surface area (Å²) >= 11 is 0. The van der Waals surface area contributed by atoms with Crippen molar-refractivity contribution in [3.63, 3.8) is 0 Å². The first-order valence-corrected chi connectivity index (χ1v) is 5.20. The van der Waals surface area contributed by atoms with E-state index in [2.05, 4.69) is 48.6 Å². The highest BCUT2D eigenvalue weighted by molar-refractivity contribution is 5.52. The fraction of sp³-hybridized carbons (Fsp3) is 0.500. The summed E-state index contributed by atoms with van der Waals surface area (Å²) < 4.78 is 4.98. The molecule has 0 radical (unpaired) electrons. The molecule has 0 aliphatic rings. The number of nitrogens with zero attached hydrogens (tertiary/aromatic N) is 1. The van der Waals surface area contributed by atoms with Crippen LogP contribution in [0.1, 0.15) is 5.56 Å². The number of hydrogen-bond acceptors (Lipinski definition) is 3. The van der Waals surface area contributed by atoms with Crippen LogP contribution < -0.4 is 10.2 Å². The van der Waals surface area contributed by atoms with Gasteiger partial charge in [-0.15, -0.1) is 0 Å². The van der Waals surface area contributed by atoms with Crippen molar-refractivity contribution in [2.24, 2.45) is 0 Å². The topological polar surface area (TPSA) is 24.5 Å². The van der Waals surface area contributed by atoms with Gasteiger partial charge in [0, 0.05) is 40.0 Å². The number of rotatable bonds is 6. The molecule has 0 saturated heterocycles. The van der Waals surface area contributed by atoms with Crippen LogP contribution in [0.25, 0.3) is 0 Å². The van der Waals surface area contributed by atoms with Gasteiger partial charge in [0.2, 0.25) is 0 Å². The van der Waals surface area contributed by atoms with Gasteiger partial charge in [-0.05, 0) is 11.6 Å². The maximum atomic E-state index is 4.98. The van der Waals surface area contributed by atoms with Gasteiger partial charge in [-0.3, -0.25) is 0 Å². The first kappa shape index (κ1) is 12.0. The van der Waals surface area contributed by atoms with Gasteiger partial charge in [0.05, 0.1) is 6.61 Å². The van der Waals surface area contributed by atoms with Gasteiger partial charge in [0.25, 0.3) is 0 Å². The fourth-order valence-corrected chi connectivity index (χ4v) is 1.49. The normalized spacial score (nSPS) is 10.3. The van der Waals surface area contributed by atoms with Crippen molar-refractivity contribution in [2.45, 2.75) is 6.54 Å². The Labute approximate surface area is 92.0 Å². The second kappa shape index (κ2) is 6.43. The molecular formula is C12H20N2O. The molecule has 0 aliphatic heterocycles. The van der Waals surface area contributed by atoms with E-state index >= 15 is 0 Å². The summed E-state index contributed by atoms with van der Waals surface area (Å²) in [5, 5.41) is 3.35. The summed E-state index contributed by atoms with van der Waals surface area (Å²) in [6.45, 7) is 2.53. The SMILES string of the molecule is COCCNCc1ccccc1N(C)C. The third-order valence-electron chi connectivity index (χ3n) is 2.27. The molecular weight excluding hydrogens is 188 g/mol. The number of benzene rings is 1. The summed E-state index contributed by atoms with van der Waals surface area (Å²) in [6.07, 6.45) is 0. The quantitative estimate of drug-likeness (QED) is 0.717. The zero-order chi connectivity index (χ0) is 11.1. The van der Waals surface area contributed by atoms with Gasteiger partial charge in [-0.25, -0.2) is 0 Å². The minimum atomic E-state index is 0.754. The molecule has 0 atom stereocenters. The van der Waals surface area contributed by atoms with Gasteiger partial charge in [-0.2, -0.15) is 0 Å². The highest BCUT2D eigenvalue weighted by Crippen LogP contribution is 2.17. The largest absolute Gasteiger partial charge is 0.383 e. The summed E-state index contributed by atoms with van der Waals surface area (Å²) in [5.74, 6) is 0. The predicted octanol–water partition coefficient (Wildman–Crippen LogP) is 1.49. The Morgan fingerprint density at radius 3 is 2.67 bits per heavy atom. The molecule has 0 fully saturated rings. The van der Waals surface area contributed by atoms with Crippen LogP contribution in [0.3, 0.4) is 0 Å². The highest BCUT2D eigenvalue weighted by Gasteiger charge is 2.01. The molecule has 0 bridgehead atoms. The molecule has 0 heterocycles. The molecule has 1 aromatic carbocycles. The molecule has 0 aromatic heterocycles. The van der Waals surface area contributed by atoms with E-state index in [4.69, 9.17) is 4.74 Å². The van der Waals surface area contributed by atoms with Crippen LogP contribution in [0, 0.1) is 0 Å². The molecule has 1 aromatic rings. The van der Waals surface area contributed by atoms with Gasteiger partial charge in [0.1, 0.15) is 0 Å². The van der Waals surface area contributed by atoms with Gasteiger partial charge in [0.15, 0.2) is 0 Å². The standard InChI is InChI=1S/C12H20N2O/c1-14(2)12-7-5-4-6-11(12)10-13-8-9-15-3/h4-7,13H,8-10H2,1-3H3. The second-order valence-electron chi connectivity index (χ2n) is 3.69. The average molecular weight is 208 g/mol. The zero-order valence-electron chi connectivity index (χ0n) is 9.79. The van der Waals surface area contributed by atoms with Crippen molar-refractivity contribution in [2.75, 3.05) is 39.3 Å². The van der Waals surface area contributed by atoms with E-state index in [0.717, 1.165) is 19.7 Å². The monoisotopic (exact) mass is 208 g/mol. The molecule has 3 nitrogen and oxygen atoms in total. The number of nitrogens with one attached hydrogen (secondary N) is 1. The van der Waals surface area contributed by atoms with Crippen molar-refractivity contribution in [3.8, 4) is 0 Å². The summed E-state index contributed by atoms with van der Waals surface area (Å²) in [7, 11) is 5.84. The van der Waals surface area contributed by atoms with E-state index in [-0.39, 0.29) is 0 Å². The molecule has 0 saturated carbocycles. The first-order chi connectivity index (χ1) is 7.25. The van der Waals surface area contributed by atoms with Crippen LogP contribution >= 0.6 is 0 Å². The van der Waals surface area contributed by atoms with E-state index in [1.165, 1.54) is 11.3 Å². The van der Waals surface area contributed by atoms with Crippen LogP contribution in [0.4, 0.5) is 5.69 Å². The van der Waals surface area contributed by atoms with E-state index in [1.54, 1.807) is 7.11 Å².